The lowest BCUT2D eigenvalue weighted by molar-refractivity contribution is 0.0665. The number of para-hydroxylation sites is 2. The summed E-state index contributed by atoms with van der Waals surface area (Å²) >= 11 is 0. The van der Waals surface area contributed by atoms with Gasteiger partial charge < -0.3 is 14.0 Å². The van der Waals surface area contributed by atoms with E-state index in [9.17, 15) is 0 Å². The average molecular weight is 281 g/mol. The van der Waals surface area contributed by atoms with Gasteiger partial charge in [-0.15, -0.1) is 0 Å². The van der Waals surface area contributed by atoms with Crippen LogP contribution >= 0.6 is 0 Å². The van der Waals surface area contributed by atoms with Crippen LogP contribution < -0.4 is 9.47 Å². The zero-order valence-corrected chi connectivity index (χ0v) is 11.0. The average Bonchev–Trinajstić information content (AvgIpc) is 3.05. The van der Waals surface area contributed by atoms with Gasteiger partial charge in [0.2, 0.25) is 11.9 Å². The van der Waals surface area contributed by atoms with Crippen molar-refractivity contribution >= 4 is 0 Å². The van der Waals surface area contributed by atoms with E-state index in [1.807, 2.05) is 42.5 Å². The summed E-state index contributed by atoms with van der Waals surface area (Å²) in [4.78, 5) is 8.52. The number of pyridine rings is 1. The molecule has 0 fully saturated rings. The summed E-state index contributed by atoms with van der Waals surface area (Å²) in [5, 5.41) is 3.93. The van der Waals surface area contributed by atoms with Gasteiger partial charge in [-0.3, -0.25) is 4.98 Å². The predicted molar refractivity (Wildman–Crippen MR) is 72.8 cm³/mol. The van der Waals surface area contributed by atoms with E-state index in [0.717, 1.165) is 5.75 Å². The second-order valence-electron chi connectivity index (χ2n) is 4.54. The van der Waals surface area contributed by atoms with Crippen LogP contribution in [0.5, 0.6) is 11.5 Å². The molecule has 0 amide bonds. The van der Waals surface area contributed by atoms with Gasteiger partial charge in [0.05, 0.1) is 0 Å². The molecule has 1 aromatic carbocycles. The molecule has 0 aliphatic carbocycles. The van der Waals surface area contributed by atoms with Crippen LogP contribution in [0.1, 0.15) is 12.0 Å². The van der Waals surface area contributed by atoms with E-state index >= 15 is 0 Å². The summed E-state index contributed by atoms with van der Waals surface area (Å²) < 4.78 is 16.7. The largest absolute Gasteiger partial charge is 0.485 e. The standard InChI is InChI=1S/C15H11N3O3/c1-2-7-12-11(6-1)19-9-13(20-12)15-17-14(18-21-15)10-5-3-4-8-16-10/h1-8,13H,9H2/t13-/m0/s1. The van der Waals surface area contributed by atoms with Crippen molar-refractivity contribution in [2.45, 2.75) is 6.10 Å². The lowest BCUT2D eigenvalue weighted by Gasteiger charge is -2.23. The SMILES string of the molecule is c1ccc(-c2noc([C@@H]3COc4ccccc4O3)n2)nc1. The molecule has 3 heterocycles. The van der Waals surface area contributed by atoms with E-state index in [1.54, 1.807) is 6.20 Å². The molecule has 1 aliphatic rings. The predicted octanol–water partition coefficient (Wildman–Crippen LogP) is 2.64. The Balaban J connectivity index is 1.60. The molecule has 1 aliphatic heterocycles. The van der Waals surface area contributed by atoms with Gasteiger partial charge in [0, 0.05) is 6.20 Å². The zero-order valence-electron chi connectivity index (χ0n) is 11.0. The first-order valence-corrected chi connectivity index (χ1v) is 6.53. The number of ether oxygens (including phenoxy) is 2. The first kappa shape index (κ1) is 11.9. The fraction of sp³-hybridized carbons (Fsp3) is 0.133. The molecule has 104 valence electrons. The van der Waals surface area contributed by atoms with Crippen LogP contribution in [0.15, 0.2) is 53.2 Å². The van der Waals surface area contributed by atoms with Gasteiger partial charge in [0.25, 0.3) is 5.89 Å². The van der Waals surface area contributed by atoms with E-state index in [1.165, 1.54) is 0 Å². The Morgan fingerprint density at radius 1 is 1.00 bits per heavy atom. The lowest BCUT2D eigenvalue weighted by atomic mass is 10.2. The first-order valence-electron chi connectivity index (χ1n) is 6.53. The summed E-state index contributed by atoms with van der Waals surface area (Å²) in [5.41, 5.74) is 0.657. The van der Waals surface area contributed by atoms with E-state index in [4.69, 9.17) is 14.0 Å². The Kier molecular flexibility index (Phi) is 2.77. The maximum atomic E-state index is 5.83. The second-order valence-corrected chi connectivity index (χ2v) is 4.54. The van der Waals surface area contributed by atoms with Crippen LogP contribution in [0.4, 0.5) is 0 Å². The molecule has 4 rings (SSSR count). The molecule has 0 unspecified atom stereocenters. The van der Waals surface area contributed by atoms with Gasteiger partial charge in [0.15, 0.2) is 11.5 Å². The quantitative estimate of drug-likeness (QED) is 0.719. The monoisotopic (exact) mass is 281 g/mol. The molecule has 2 aromatic heterocycles. The highest BCUT2D eigenvalue weighted by Crippen LogP contribution is 2.35. The minimum Gasteiger partial charge on any atom is -0.485 e. The Labute approximate surface area is 120 Å². The zero-order chi connectivity index (χ0) is 14.1. The number of fused-ring (bicyclic) bond motifs is 1. The van der Waals surface area contributed by atoms with Crippen LogP contribution in [0, 0.1) is 0 Å². The molecule has 0 spiro atoms. The highest BCUT2D eigenvalue weighted by molar-refractivity contribution is 5.47. The fourth-order valence-electron chi connectivity index (χ4n) is 2.11. The van der Waals surface area contributed by atoms with Crippen molar-refractivity contribution in [3.05, 3.63) is 54.6 Å². The molecule has 0 saturated carbocycles. The van der Waals surface area contributed by atoms with Crippen molar-refractivity contribution in [2.75, 3.05) is 6.61 Å². The third kappa shape index (κ3) is 2.20. The van der Waals surface area contributed by atoms with Crippen LogP contribution in [-0.4, -0.2) is 21.7 Å². The third-order valence-electron chi connectivity index (χ3n) is 3.12. The highest BCUT2D eigenvalue weighted by Gasteiger charge is 2.27. The number of benzene rings is 1. The van der Waals surface area contributed by atoms with E-state index in [2.05, 4.69) is 15.1 Å². The van der Waals surface area contributed by atoms with Gasteiger partial charge in [-0.25, -0.2) is 0 Å². The van der Waals surface area contributed by atoms with Crippen molar-refractivity contribution in [1.82, 2.24) is 15.1 Å². The number of hydrogen-bond acceptors (Lipinski definition) is 6. The van der Waals surface area contributed by atoms with E-state index in [0.29, 0.717) is 29.8 Å². The molecule has 0 bridgehead atoms. The maximum absolute atomic E-state index is 5.83. The minimum atomic E-state index is -0.412. The van der Waals surface area contributed by atoms with Crippen molar-refractivity contribution < 1.29 is 14.0 Å². The van der Waals surface area contributed by atoms with Crippen LogP contribution in [-0.2, 0) is 0 Å². The summed E-state index contributed by atoms with van der Waals surface area (Å²) in [6.07, 6.45) is 1.27. The number of nitrogens with zero attached hydrogens (tertiary/aromatic N) is 3. The van der Waals surface area contributed by atoms with Gasteiger partial charge in [-0.05, 0) is 24.3 Å². The molecule has 1 atom stereocenters. The van der Waals surface area contributed by atoms with Crippen LogP contribution in [0.2, 0.25) is 0 Å². The number of rotatable bonds is 2. The van der Waals surface area contributed by atoms with Gasteiger partial charge >= 0.3 is 0 Å². The van der Waals surface area contributed by atoms with Crippen LogP contribution in [0.25, 0.3) is 11.5 Å². The van der Waals surface area contributed by atoms with Crippen LogP contribution in [0.3, 0.4) is 0 Å². The van der Waals surface area contributed by atoms with E-state index in [-0.39, 0.29) is 0 Å². The third-order valence-corrected chi connectivity index (χ3v) is 3.12. The Morgan fingerprint density at radius 2 is 1.86 bits per heavy atom. The number of hydrogen-bond donors (Lipinski definition) is 0. The Morgan fingerprint density at radius 3 is 2.71 bits per heavy atom. The molecule has 6 heteroatoms. The lowest BCUT2D eigenvalue weighted by Crippen LogP contribution is -2.21. The molecule has 0 saturated heterocycles. The maximum Gasteiger partial charge on any atom is 0.271 e. The molecule has 21 heavy (non-hydrogen) atoms. The summed E-state index contributed by atoms with van der Waals surface area (Å²) in [6, 6.07) is 13.0. The summed E-state index contributed by atoms with van der Waals surface area (Å²) in [6.45, 7) is 0.334. The smallest absolute Gasteiger partial charge is 0.271 e. The van der Waals surface area contributed by atoms with Gasteiger partial charge in [-0.1, -0.05) is 23.4 Å². The molecule has 0 radical (unpaired) electrons. The first-order chi connectivity index (χ1) is 10.4. The summed E-state index contributed by atoms with van der Waals surface area (Å²) in [5.74, 6) is 2.21. The topological polar surface area (TPSA) is 70.3 Å². The fourth-order valence-corrected chi connectivity index (χ4v) is 2.11. The Hall–Kier alpha value is -2.89. The van der Waals surface area contributed by atoms with Gasteiger partial charge in [-0.2, -0.15) is 4.98 Å². The molecular weight excluding hydrogens is 270 g/mol. The Bertz CT molecular complexity index is 758. The van der Waals surface area contributed by atoms with Crippen molar-refractivity contribution in [3.8, 4) is 23.0 Å². The highest BCUT2D eigenvalue weighted by atomic mass is 16.6. The van der Waals surface area contributed by atoms with Crippen molar-refractivity contribution in [3.63, 3.8) is 0 Å². The van der Waals surface area contributed by atoms with Crippen molar-refractivity contribution in [2.24, 2.45) is 0 Å². The molecule has 0 N–H and O–H groups in total. The van der Waals surface area contributed by atoms with Crippen molar-refractivity contribution in [1.29, 1.82) is 0 Å². The number of aromatic nitrogens is 3. The second kappa shape index (κ2) is 4.90. The molecule has 3 aromatic rings. The van der Waals surface area contributed by atoms with E-state index < -0.39 is 6.10 Å². The summed E-state index contributed by atoms with van der Waals surface area (Å²) in [7, 11) is 0. The minimum absolute atomic E-state index is 0.334. The molecular formula is C15H11N3O3. The molecule has 6 nitrogen and oxygen atoms in total. The van der Waals surface area contributed by atoms with Gasteiger partial charge in [0.1, 0.15) is 12.3 Å². The normalized spacial score (nSPS) is 16.7.